The second-order valence-corrected chi connectivity index (χ2v) is 7.30. The van der Waals surface area contributed by atoms with Crippen molar-refractivity contribution in [1.82, 2.24) is 9.78 Å². The van der Waals surface area contributed by atoms with Gasteiger partial charge in [-0.3, -0.25) is 4.68 Å². The molecular formula is C24H20ClFN2O. The number of nitrogens with zero attached hydrogens (tertiary/aromatic N) is 2. The van der Waals surface area contributed by atoms with Gasteiger partial charge in [-0.2, -0.15) is 5.10 Å². The number of halogens is 2. The van der Waals surface area contributed by atoms with E-state index in [4.69, 9.17) is 16.3 Å². The fraction of sp³-hybridized carbons (Fsp3) is 0.125. The molecule has 146 valence electrons. The maximum Gasteiger partial charge on any atom is 0.131 e. The molecule has 1 heterocycles. The van der Waals surface area contributed by atoms with E-state index in [1.54, 1.807) is 12.1 Å². The van der Waals surface area contributed by atoms with Crippen LogP contribution < -0.4 is 4.74 Å². The molecule has 3 nitrogen and oxygen atoms in total. The lowest BCUT2D eigenvalue weighted by Gasteiger charge is -2.09. The van der Waals surface area contributed by atoms with Gasteiger partial charge in [0.2, 0.25) is 0 Å². The molecule has 0 atom stereocenters. The highest BCUT2D eigenvalue weighted by atomic mass is 35.5. The third-order valence-corrected chi connectivity index (χ3v) is 5.05. The lowest BCUT2D eigenvalue weighted by Crippen LogP contribution is -2.00. The molecular weight excluding hydrogens is 387 g/mol. The van der Waals surface area contributed by atoms with Gasteiger partial charge in [-0.25, -0.2) is 4.39 Å². The minimum absolute atomic E-state index is 0.0794. The van der Waals surface area contributed by atoms with Crippen LogP contribution in [0.4, 0.5) is 4.39 Å². The minimum atomic E-state index is -0.367. The molecule has 0 aliphatic rings. The molecule has 0 amide bonds. The summed E-state index contributed by atoms with van der Waals surface area (Å²) < 4.78 is 21.5. The molecule has 0 bridgehead atoms. The van der Waals surface area contributed by atoms with Gasteiger partial charge in [0.15, 0.2) is 0 Å². The van der Waals surface area contributed by atoms with Crippen molar-refractivity contribution in [3.63, 3.8) is 0 Å². The molecule has 0 radical (unpaired) electrons. The van der Waals surface area contributed by atoms with Gasteiger partial charge in [0.1, 0.15) is 18.2 Å². The van der Waals surface area contributed by atoms with Gasteiger partial charge < -0.3 is 4.74 Å². The summed E-state index contributed by atoms with van der Waals surface area (Å²) in [5.74, 6) is 0.278. The summed E-state index contributed by atoms with van der Waals surface area (Å²) in [5, 5.41) is 5.02. The van der Waals surface area contributed by atoms with Crippen LogP contribution in [0.3, 0.4) is 0 Å². The third kappa shape index (κ3) is 4.66. The SMILES string of the molecule is Cc1ccc(Cn2ccc(-c3ccc(OCc4c(F)cccc4Cl)cc3)n2)cc1. The molecule has 0 aliphatic carbocycles. The molecule has 29 heavy (non-hydrogen) atoms. The molecule has 4 aromatic rings. The van der Waals surface area contributed by atoms with Crippen molar-refractivity contribution in [1.29, 1.82) is 0 Å². The van der Waals surface area contributed by atoms with Crippen LogP contribution in [0.25, 0.3) is 11.3 Å². The maximum absolute atomic E-state index is 13.8. The first kappa shape index (κ1) is 19.2. The van der Waals surface area contributed by atoms with Gasteiger partial charge in [-0.15, -0.1) is 0 Å². The summed E-state index contributed by atoms with van der Waals surface area (Å²) in [6.45, 7) is 2.88. The molecule has 0 spiro atoms. The zero-order chi connectivity index (χ0) is 20.2. The van der Waals surface area contributed by atoms with Gasteiger partial charge in [-0.05, 0) is 55.0 Å². The van der Waals surface area contributed by atoms with E-state index in [1.807, 2.05) is 41.2 Å². The van der Waals surface area contributed by atoms with E-state index in [0.29, 0.717) is 16.3 Å². The lowest BCUT2D eigenvalue weighted by atomic mass is 10.1. The van der Waals surface area contributed by atoms with Gasteiger partial charge >= 0.3 is 0 Å². The Labute approximate surface area is 174 Å². The Balaban J connectivity index is 1.41. The second kappa shape index (κ2) is 8.50. The summed E-state index contributed by atoms with van der Waals surface area (Å²) in [6.07, 6.45) is 1.97. The van der Waals surface area contributed by atoms with Gasteiger partial charge in [0, 0.05) is 17.3 Å². The monoisotopic (exact) mass is 406 g/mol. The Morgan fingerprint density at radius 3 is 2.45 bits per heavy atom. The van der Waals surface area contributed by atoms with E-state index in [1.165, 1.54) is 17.2 Å². The van der Waals surface area contributed by atoms with Crippen molar-refractivity contribution in [2.45, 2.75) is 20.1 Å². The second-order valence-electron chi connectivity index (χ2n) is 6.90. The van der Waals surface area contributed by atoms with Crippen molar-refractivity contribution in [3.8, 4) is 17.0 Å². The standard InChI is InChI=1S/C24H20ClFN2O/c1-17-5-7-18(8-6-17)15-28-14-13-24(27-28)19-9-11-20(12-10-19)29-16-21-22(25)3-2-4-23(21)26/h2-14H,15-16H2,1H3. The first-order valence-corrected chi connectivity index (χ1v) is 9.71. The Morgan fingerprint density at radius 1 is 0.966 bits per heavy atom. The molecule has 4 rings (SSSR count). The first-order valence-electron chi connectivity index (χ1n) is 9.33. The average Bonchev–Trinajstić information content (AvgIpc) is 3.18. The number of aryl methyl sites for hydroxylation is 1. The fourth-order valence-electron chi connectivity index (χ4n) is 3.03. The highest BCUT2D eigenvalue weighted by Gasteiger charge is 2.08. The van der Waals surface area contributed by atoms with E-state index < -0.39 is 0 Å². The molecule has 0 saturated carbocycles. The van der Waals surface area contributed by atoms with E-state index >= 15 is 0 Å². The Hall–Kier alpha value is -3.11. The van der Waals surface area contributed by atoms with Crippen LogP contribution in [0, 0.1) is 12.7 Å². The van der Waals surface area contributed by atoms with Crippen molar-refractivity contribution in [2.24, 2.45) is 0 Å². The van der Waals surface area contributed by atoms with E-state index in [2.05, 4.69) is 36.3 Å². The van der Waals surface area contributed by atoms with E-state index in [0.717, 1.165) is 17.8 Å². The predicted octanol–water partition coefficient (Wildman–Crippen LogP) is 6.28. The minimum Gasteiger partial charge on any atom is -0.489 e. The van der Waals surface area contributed by atoms with E-state index in [-0.39, 0.29) is 12.4 Å². The number of benzene rings is 3. The van der Waals surface area contributed by atoms with Crippen LogP contribution in [0.5, 0.6) is 5.75 Å². The summed E-state index contributed by atoms with van der Waals surface area (Å²) in [4.78, 5) is 0. The van der Waals surface area contributed by atoms with Crippen molar-refractivity contribution >= 4 is 11.6 Å². The van der Waals surface area contributed by atoms with Crippen LogP contribution in [-0.2, 0) is 13.2 Å². The summed E-state index contributed by atoms with van der Waals surface area (Å²) in [6, 6.07) is 22.6. The number of hydrogen-bond donors (Lipinski definition) is 0. The van der Waals surface area contributed by atoms with Crippen LogP contribution in [-0.4, -0.2) is 9.78 Å². The molecule has 1 aromatic heterocycles. The third-order valence-electron chi connectivity index (χ3n) is 4.70. The number of ether oxygens (including phenoxy) is 1. The summed E-state index contributed by atoms with van der Waals surface area (Å²) >= 11 is 6.04. The van der Waals surface area contributed by atoms with Crippen molar-refractivity contribution in [2.75, 3.05) is 0 Å². The smallest absolute Gasteiger partial charge is 0.131 e. The molecule has 0 fully saturated rings. The summed E-state index contributed by atoms with van der Waals surface area (Å²) in [7, 11) is 0. The van der Waals surface area contributed by atoms with Gasteiger partial charge in [-0.1, -0.05) is 47.5 Å². The summed E-state index contributed by atoms with van der Waals surface area (Å²) in [5.41, 5.74) is 4.69. The van der Waals surface area contributed by atoms with Crippen LogP contribution in [0.2, 0.25) is 5.02 Å². The molecule has 0 unspecified atom stereocenters. The topological polar surface area (TPSA) is 27.1 Å². The largest absolute Gasteiger partial charge is 0.489 e. The van der Waals surface area contributed by atoms with Crippen molar-refractivity contribution < 1.29 is 9.13 Å². The lowest BCUT2D eigenvalue weighted by molar-refractivity contribution is 0.300. The Kier molecular flexibility index (Phi) is 5.63. The quantitative estimate of drug-likeness (QED) is 0.377. The molecule has 0 N–H and O–H groups in total. The van der Waals surface area contributed by atoms with Crippen molar-refractivity contribution in [3.05, 3.63) is 107 Å². The highest BCUT2D eigenvalue weighted by molar-refractivity contribution is 6.31. The average molecular weight is 407 g/mol. The predicted molar refractivity (Wildman–Crippen MR) is 114 cm³/mol. The molecule has 3 aromatic carbocycles. The number of hydrogen-bond acceptors (Lipinski definition) is 2. The van der Waals surface area contributed by atoms with Crippen LogP contribution >= 0.6 is 11.6 Å². The fourth-order valence-corrected chi connectivity index (χ4v) is 3.25. The molecule has 0 aliphatic heterocycles. The number of aromatic nitrogens is 2. The normalized spacial score (nSPS) is 10.9. The van der Waals surface area contributed by atoms with Crippen LogP contribution in [0.15, 0.2) is 79.0 Å². The van der Waals surface area contributed by atoms with Gasteiger partial charge in [0.05, 0.1) is 17.3 Å². The van der Waals surface area contributed by atoms with Crippen LogP contribution in [0.1, 0.15) is 16.7 Å². The molecule has 5 heteroatoms. The highest BCUT2D eigenvalue weighted by Crippen LogP contribution is 2.24. The van der Waals surface area contributed by atoms with Gasteiger partial charge in [0.25, 0.3) is 0 Å². The Morgan fingerprint density at radius 2 is 1.72 bits per heavy atom. The van der Waals surface area contributed by atoms with E-state index in [9.17, 15) is 4.39 Å². The molecule has 0 saturated heterocycles. The maximum atomic E-state index is 13.8. The Bertz CT molecular complexity index is 1080. The number of rotatable bonds is 6. The zero-order valence-corrected chi connectivity index (χ0v) is 16.7. The zero-order valence-electron chi connectivity index (χ0n) is 16.0. The first-order chi connectivity index (χ1) is 14.1.